The Kier molecular flexibility index (Phi) is 9.45. The van der Waals surface area contributed by atoms with E-state index in [1.165, 1.54) is 24.1 Å². The molecule has 45 heavy (non-hydrogen) atoms. The van der Waals surface area contributed by atoms with Crippen molar-refractivity contribution in [3.8, 4) is 21.9 Å². The normalized spacial score (nSPS) is 15.2. The first kappa shape index (κ1) is 30.8. The van der Waals surface area contributed by atoms with Crippen LogP contribution in [0.15, 0.2) is 91.1 Å². The van der Waals surface area contributed by atoms with E-state index in [1.807, 2.05) is 36.4 Å². The van der Waals surface area contributed by atoms with Crippen molar-refractivity contribution in [2.45, 2.75) is 38.3 Å². The van der Waals surface area contributed by atoms with Gasteiger partial charge in [0.15, 0.2) is 11.6 Å². The van der Waals surface area contributed by atoms with Gasteiger partial charge in [-0.1, -0.05) is 60.7 Å². The second kappa shape index (κ2) is 13.8. The van der Waals surface area contributed by atoms with Gasteiger partial charge in [-0.25, -0.2) is 4.39 Å². The van der Waals surface area contributed by atoms with Crippen LogP contribution in [0.3, 0.4) is 0 Å². The van der Waals surface area contributed by atoms with Gasteiger partial charge in [-0.2, -0.15) is 0 Å². The van der Waals surface area contributed by atoms with Gasteiger partial charge < -0.3 is 9.64 Å². The Hall–Kier alpha value is -4.24. The molecule has 0 unspecified atom stereocenters. The molecule has 6 nitrogen and oxygen atoms in total. The number of ether oxygens (including phenoxy) is 1. The molecule has 3 heterocycles. The van der Waals surface area contributed by atoms with Crippen LogP contribution in [0.5, 0.6) is 11.5 Å². The number of likely N-dealkylation sites (tertiary alicyclic amines) is 1. The molecule has 1 saturated heterocycles. The summed E-state index contributed by atoms with van der Waals surface area (Å²) < 4.78 is 22.0. The Morgan fingerprint density at radius 1 is 0.911 bits per heavy atom. The van der Waals surface area contributed by atoms with Crippen LogP contribution < -0.4 is 4.74 Å². The quantitative estimate of drug-likeness (QED) is 0.136. The Morgan fingerprint density at radius 2 is 1.64 bits per heavy atom. The molecule has 0 saturated carbocycles. The maximum atomic E-state index is 15.1. The first-order valence-corrected chi connectivity index (χ1v) is 16.0. The molecule has 1 aliphatic rings. The number of fused-ring (bicyclic) bond motifs is 1. The van der Waals surface area contributed by atoms with Gasteiger partial charge in [-0.3, -0.25) is 19.5 Å². The van der Waals surface area contributed by atoms with Gasteiger partial charge in [0.2, 0.25) is 0 Å². The van der Waals surface area contributed by atoms with Crippen LogP contribution in [-0.4, -0.2) is 59.6 Å². The summed E-state index contributed by atoms with van der Waals surface area (Å²) in [6.45, 7) is 3.16. The molecule has 0 N–H and O–H groups in total. The number of halogens is 1. The Labute approximate surface area is 267 Å². The number of carbonyl (C=O) groups is 2. The zero-order valence-electron chi connectivity index (χ0n) is 25.5. The third-order valence-electron chi connectivity index (χ3n) is 8.25. The lowest BCUT2D eigenvalue weighted by Crippen LogP contribution is -2.31. The molecule has 0 aliphatic carbocycles. The number of thiophene rings is 1. The summed E-state index contributed by atoms with van der Waals surface area (Å²) in [6, 6.07) is 26.9. The Morgan fingerprint density at radius 3 is 2.36 bits per heavy atom. The summed E-state index contributed by atoms with van der Waals surface area (Å²) in [5.74, 6) is -0.376. The van der Waals surface area contributed by atoms with Crippen molar-refractivity contribution < 1.29 is 18.7 Å². The standard InChI is InChI=1S/C37H36FN3O3S/c1-40(2)29-15-17-41(24-29)23-26-8-11-28(12-9-26)36-22-33-37(45-36)35(14-16-39-33)44-34-13-10-27(20-32(34)38)19-31(43)21-30(42)18-25-6-4-3-5-7-25/h3-14,16,20,22,29H,15,17-19,21,23-24H2,1-2H3/t29-/m0/s1. The number of ketones is 2. The van der Waals surface area contributed by atoms with E-state index in [-0.39, 0.29) is 36.6 Å². The predicted molar refractivity (Wildman–Crippen MR) is 177 cm³/mol. The maximum absolute atomic E-state index is 15.1. The smallest absolute Gasteiger partial charge is 0.166 e. The maximum Gasteiger partial charge on any atom is 0.166 e. The fourth-order valence-corrected chi connectivity index (χ4v) is 6.87. The van der Waals surface area contributed by atoms with Crippen molar-refractivity contribution in [3.05, 3.63) is 114 Å². The van der Waals surface area contributed by atoms with Gasteiger partial charge in [-0.15, -0.1) is 11.3 Å². The molecule has 2 aromatic heterocycles. The molecular weight excluding hydrogens is 585 g/mol. The van der Waals surface area contributed by atoms with E-state index in [2.05, 4.69) is 53.1 Å². The average Bonchev–Trinajstić information content (AvgIpc) is 3.68. The number of hydrogen-bond donors (Lipinski definition) is 0. The lowest BCUT2D eigenvalue weighted by atomic mass is 10.0. The second-order valence-electron chi connectivity index (χ2n) is 11.9. The largest absolute Gasteiger partial charge is 0.453 e. The first-order chi connectivity index (χ1) is 21.8. The molecule has 230 valence electrons. The van der Waals surface area contributed by atoms with Crippen molar-refractivity contribution in [1.82, 2.24) is 14.8 Å². The zero-order chi connectivity index (χ0) is 31.3. The molecule has 0 radical (unpaired) electrons. The minimum atomic E-state index is -0.567. The van der Waals surface area contributed by atoms with Crippen LogP contribution in [0, 0.1) is 5.82 Å². The number of benzene rings is 3. The van der Waals surface area contributed by atoms with Crippen molar-refractivity contribution >= 4 is 33.1 Å². The molecule has 0 bridgehead atoms. The number of likely N-dealkylation sites (N-methyl/N-ethyl adjacent to an activating group) is 1. The molecule has 8 heteroatoms. The summed E-state index contributed by atoms with van der Waals surface area (Å²) in [6.07, 6.45) is 2.88. The lowest BCUT2D eigenvalue weighted by molar-refractivity contribution is -0.126. The number of nitrogens with zero attached hydrogens (tertiary/aromatic N) is 3. The topological polar surface area (TPSA) is 62.7 Å². The van der Waals surface area contributed by atoms with Crippen LogP contribution >= 0.6 is 11.3 Å². The van der Waals surface area contributed by atoms with Gasteiger partial charge in [0.1, 0.15) is 17.3 Å². The Balaban J connectivity index is 1.09. The number of rotatable bonds is 12. The van der Waals surface area contributed by atoms with Crippen molar-refractivity contribution in [1.29, 1.82) is 0 Å². The van der Waals surface area contributed by atoms with Gasteiger partial charge >= 0.3 is 0 Å². The highest BCUT2D eigenvalue weighted by Crippen LogP contribution is 2.39. The van der Waals surface area contributed by atoms with Crippen LogP contribution in [0.1, 0.15) is 29.5 Å². The molecule has 1 aliphatic heterocycles. The summed E-state index contributed by atoms with van der Waals surface area (Å²) in [7, 11) is 4.30. The fraction of sp³-hybridized carbons (Fsp3) is 0.270. The number of aromatic nitrogens is 1. The molecule has 3 aromatic carbocycles. The van der Waals surface area contributed by atoms with Crippen LogP contribution in [-0.2, 0) is 29.0 Å². The number of pyridine rings is 1. The minimum Gasteiger partial charge on any atom is -0.453 e. The molecular formula is C37H36FN3O3S. The van der Waals surface area contributed by atoms with Gasteiger partial charge in [0.25, 0.3) is 0 Å². The van der Waals surface area contributed by atoms with Crippen LogP contribution in [0.2, 0.25) is 0 Å². The van der Waals surface area contributed by atoms with Crippen molar-refractivity contribution in [3.63, 3.8) is 0 Å². The Bertz CT molecular complexity index is 1800. The first-order valence-electron chi connectivity index (χ1n) is 15.2. The van der Waals surface area contributed by atoms with E-state index in [0.29, 0.717) is 17.4 Å². The van der Waals surface area contributed by atoms with E-state index >= 15 is 4.39 Å². The van der Waals surface area contributed by atoms with E-state index in [9.17, 15) is 9.59 Å². The number of carbonyl (C=O) groups excluding carboxylic acids is 2. The average molecular weight is 622 g/mol. The van der Waals surface area contributed by atoms with Gasteiger partial charge in [0.05, 0.1) is 16.6 Å². The zero-order valence-corrected chi connectivity index (χ0v) is 26.4. The minimum absolute atomic E-state index is 0.0149. The second-order valence-corrected chi connectivity index (χ2v) is 13.0. The molecule has 1 fully saturated rings. The number of Topliss-reactive ketones (excluding diaryl/α,β-unsaturated/α-hetero) is 2. The summed E-state index contributed by atoms with van der Waals surface area (Å²) in [5.41, 5.74) is 4.55. The van der Waals surface area contributed by atoms with Crippen molar-refractivity contribution in [2.75, 3.05) is 27.2 Å². The molecule has 5 aromatic rings. The number of hydrogen-bond acceptors (Lipinski definition) is 7. The van der Waals surface area contributed by atoms with Crippen LogP contribution in [0.4, 0.5) is 4.39 Å². The highest BCUT2D eigenvalue weighted by molar-refractivity contribution is 7.22. The summed E-state index contributed by atoms with van der Waals surface area (Å²) in [5, 5.41) is 0. The molecule has 6 rings (SSSR count). The SMILES string of the molecule is CN(C)[C@H]1CCN(Cc2ccc(-c3cc4nccc(Oc5ccc(CC(=O)CC(=O)Cc6ccccc6)cc5F)c4s3)cc2)C1. The van der Waals surface area contributed by atoms with E-state index in [0.717, 1.165) is 45.9 Å². The lowest BCUT2D eigenvalue weighted by Gasteiger charge is -2.20. The van der Waals surface area contributed by atoms with Crippen LogP contribution in [0.25, 0.3) is 20.7 Å². The molecule has 0 amide bonds. The van der Waals surface area contributed by atoms with Crippen molar-refractivity contribution in [2.24, 2.45) is 0 Å². The predicted octanol–water partition coefficient (Wildman–Crippen LogP) is 7.34. The third kappa shape index (κ3) is 7.71. The monoisotopic (exact) mass is 621 g/mol. The summed E-state index contributed by atoms with van der Waals surface area (Å²) >= 11 is 1.56. The molecule has 0 spiro atoms. The molecule has 1 atom stereocenters. The van der Waals surface area contributed by atoms with Gasteiger partial charge in [-0.05, 0) is 61.0 Å². The van der Waals surface area contributed by atoms with E-state index in [1.54, 1.807) is 29.7 Å². The third-order valence-corrected chi connectivity index (χ3v) is 9.44. The van der Waals surface area contributed by atoms with E-state index < -0.39 is 5.82 Å². The van der Waals surface area contributed by atoms with Gasteiger partial charge in [0, 0.05) is 55.7 Å². The highest BCUT2D eigenvalue weighted by atomic mass is 32.1. The fourth-order valence-electron chi connectivity index (χ4n) is 5.80. The summed E-state index contributed by atoms with van der Waals surface area (Å²) in [4.78, 5) is 35.2. The van der Waals surface area contributed by atoms with E-state index in [4.69, 9.17) is 4.74 Å². The highest BCUT2D eigenvalue weighted by Gasteiger charge is 2.23.